The molecule has 1 aliphatic heterocycles. The smallest absolute Gasteiger partial charge is 0.224 e. The average molecular weight is 326 g/mol. The molecule has 6 heteroatoms. The van der Waals surface area contributed by atoms with Crippen molar-refractivity contribution in [2.75, 3.05) is 26.8 Å². The highest BCUT2D eigenvalue weighted by Crippen LogP contribution is 2.25. The largest absolute Gasteiger partial charge is 0.387 e. The number of piperidine rings is 1. The predicted molar refractivity (Wildman–Crippen MR) is 86.8 cm³/mol. The lowest BCUT2D eigenvalue weighted by molar-refractivity contribution is -0.138. The van der Waals surface area contributed by atoms with E-state index in [9.17, 15) is 14.7 Å². The van der Waals surface area contributed by atoms with Crippen LogP contribution in [-0.4, -0.2) is 60.3 Å². The number of methoxy groups -OCH3 is 1. The molecular weight excluding hydrogens is 296 g/mol. The Bertz CT molecular complexity index is 413. The molecule has 0 radical (unpaired) electrons. The first-order chi connectivity index (χ1) is 10.9. The molecule has 0 aromatic carbocycles. The fraction of sp³-hybridized carbons (Fsp3) is 0.882. The van der Waals surface area contributed by atoms with Crippen molar-refractivity contribution in [2.24, 2.45) is 5.92 Å². The number of nitrogens with zero attached hydrogens (tertiary/aromatic N) is 1. The Hall–Kier alpha value is -1.14. The van der Waals surface area contributed by atoms with Crippen molar-refractivity contribution in [2.45, 2.75) is 63.5 Å². The highest BCUT2D eigenvalue weighted by molar-refractivity contribution is 5.81. The topological polar surface area (TPSA) is 78.9 Å². The molecule has 1 saturated heterocycles. The van der Waals surface area contributed by atoms with Crippen molar-refractivity contribution in [3.63, 3.8) is 0 Å². The Balaban J connectivity index is 1.73. The van der Waals surface area contributed by atoms with Gasteiger partial charge in [0.25, 0.3) is 0 Å². The van der Waals surface area contributed by atoms with Gasteiger partial charge in [0.15, 0.2) is 0 Å². The zero-order chi connectivity index (χ0) is 16.9. The SMILES string of the molecule is COCC1(O)CCN(C(=O)CC(C)NC(=O)C2CCCC2)CC1. The normalized spacial score (nSPS) is 22.8. The van der Waals surface area contributed by atoms with Gasteiger partial charge in [-0.3, -0.25) is 9.59 Å². The molecule has 1 heterocycles. The van der Waals surface area contributed by atoms with Crippen LogP contribution in [0.4, 0.5) is 0 Å². The number of likely N-dealkylation sites (tertiary alicyclic amines) is 1. The van der Waals surface area contributed by atoms with Gasteiger partial charge in [-0.25, -0.2) is 0 Å². The number of carbonyl (C=O) groups is 2. The van der Waals surface area contributed by atoms with Crippen LogP contribution in [0.1, 0.15) is 51.9 Å². The first kappa shape index (κ1) is 18.2. The van der Waals surface area contributed by atoms with Crippen molar-refractivity contribution in [3.05, 3.63) is 0 Å². The van der Waals surface area contributed by atoms with Crippen LogP contribution in [0.5, 0.6) is 0 Å². The predicted octanol–water partition coefficient (Wildman–Crippen LogP) is 1.07. The van der Waals surface area contributed by atoms with E-state index >= 15 is 0 Å². The quantitative estimate of drug-likeness (QED) is 0.765. The highest BCUT2D eigenvalue weighted by atomic mass is 16.5. The molecular formula is C17H30N2O4. The molecule has 2 amide bonds. The molecule has 1 unspecified atom stereocenters. The molecule has 0 spiro atoms. The molecule has 2 aliphatic rings. The van der Waals surface area contributed by atoms with Gasteiger partial charge in [-0.15, -0.1) is 0 Å². The summed E-state index contributed by atoms with van der Waals surface area (Å²) in [6.45, 7) is 3.28. The summed E-state index contributed by atoms with van der Waals surface area (Å²) in [5, 5.41) is 13.2. The monoisotopic (exact) mass is 326 g/mol. The minimum atomic E-state index is -0.812. The van der Waals surface area contributed by atoms with Crippen molar-refractivity contribution in [3.8, 4) is 0 Å². The van der Waals surface area contributed by atoms with Crippen LogP contribution in [0.25, 0.3) is 0 Å². The Morgan fingerprint density at radius 2 is 1.91 bits per heavy atom. The Morgan fingerprint density at radius 1 is 1.30 bits per heavy atom. The number of rotatable bonds is 6. The maximum absolute atomic E-state index is 12.3. The van der Waals surface area contributed by atoms with Crippen LogP contribution < -0.4 is 5.32 Å². The lowest BCUT2D eigenvalue weighted by atomic mass is 9.92. The second-order valence-electron chi connectivity index (χ2n) is 7.13. The van der Waals surface area contributed by atoms with Crippen molar-refractivity contribution in [1.29, 1.82) is 0 Å². The summed E-state index contributed by atoms with van der Waals surface area (Å²) in [6.07, 6.45) is 5.59. The Morgan fingerprint density at radius 3 is 2.48 bits per heavy atom. The van der Waals surface area contributed by atoms with E-state index in [1.807, 2.05) is 6.92 Å². The maximum Gasteiger partial charge on any atom is 0.224 e. The first-order valence-electron chi connectivity index (χ1n) is 8.73. The van der Waals surface area contributed by atoms with E-state index < -0.39 is 5.60 Å². The molecule has 132 valence electrons. The van der Waals surface area contributed by atoms with Crippen LogP contribution in [0, 0.1) is 5.92 Å². The summed E-state index contributed by atoms with van der Waals surface area (Å²) in [7, 11) is 1.57. The fourth-order valence-electron chi connectivity index (χ4n) is 3.58. The average Bonchev–Trinajstić information content (AvgIpc) is 3.02. The van der Waals surface area contributed by atoms with Crippen molar-refractivity contribution >= 4 is 11.8 Å². The Kier molecular flexibility index (Phi) is 6.41. The Labute approximate surface area is 138 Å². The standard InChI is InChI=1S/C17H30N2O4/c1-13(18-16(21)14-5-3-4-6-14)11-15(20)19-9-7-17(22,8-10-19)12-23-2/h13-14,22H,3-12H2,1-2H3,(H,18,21). The van der Waals surface area contributed by atoms with Crippen LogP contribution in [0.15, 0.2) is 0 Å². The van der Waals surface area contributed by atoms with E-state index in [1.165, 1.54) is 0 Å². The molecule has 2 rings (SSSR count). The van der Waals surface area contributed by atoms with E-state index in [1.54, 1.807) is 12.0 Å². The molecule has 6 nitrogen and oxygen atoms in total. The minimum absolute atomic E-state index is 0.0451. The maximum atomic E-state index is 12.3. The van der Waals surface area contributed by atoms with E-state index in [-0.39, 0.29) is 23.8 Å². The first-order valence-corrected chi connectivity index (χ1v) is 8.73. The van der Waals surface area contributed by atoms with E-state index in [0.29, 0.717) is 39.0 Å². The molecule has 0 aromatic rings. The van der Waals surface area contributed by atoms with Gasteiger partial charge in [0, 0.05) is 38.6 Å². The third-order valence-corrected chi connectivity index (χ3v) is 5.06. The van der Waals surface area contributed by atoms with Crippen LogP contribution in [-0.2, 0) is 14.3 Å². The van der Waals surface area contributed by atoms with Gasteiger partial charge >= 0.3 is 0 Å². The van der Waals surface area contributed by atoms with Gasteiger partial charge in [-0.05, 0) is 32.6 Å². The van der Waals surface area contributed by atoms with Crippen LogP contribution in [0.3, 0.4) is 0 Å². The number of aliphatic hydroxyl groups is 1. The van der Waals surface area contributed by atoms with E-state index in [2.05, 4.69) is 5.32 Å². The van der Waals surface area contributed by atoms with E-state index in [0.717, 1.165) is 25.7 Å². The fourth-order valence-corrected chi connectivity index (χ4v) is 3.58. The minimum Gasteiger partial charge on any atom is -0.387 e. The number of amides is 2. The van der Waals surface area contributed by atoms with Crippen molar-refractivity contribution in [1.82, 2.24) is 10.2 Å². The number of carbonyl (C=O) groups excluding carboxylic acids is 2. The zero-order valence-corrected chi connectivity index (χ0v) is 14.3. The number of ether oxygens (including phenoxy) is 1. The van der Waals surface area contributed by atoms with Gasteiger partial charge in [0.1, 0.15) is 0 Å². The molecule has 1 atom stereocenters. The molecule has 0 bridgehead atoms. The lowest BCUT2D eigenvalue weighted by Crippen LogP contribution is -2.50. The summed E-state index contributed by atoms with van der Waals surface area (Å²) in [6, 6.07) is -0.143. The summed E-state index contributed by atoms with van der Waals surface area (Å²) in [5.41, 5.74) is -0.812. The second kappa shape index (κ2) is 8.11. The second-order valence-corrected chi connectivity index (χ2v) is 7.13. The highest BCUT2D eigenvalue weighted by Gasteiger charge is 2.34. The van der Waals surface area contributed by atoms with Gasteiger partial charge in [-0.1, -0.05) is 12.8 Å². The van der Waals surface area contributed by atoms with Gasteiger partial charge < -0.3 is 20.1 Å². The van der Waals surface area contributed by atoms with Crippen LogP contribution in [0.2, 0.25) is 0 Å². The number of nitrogens with one attached hydrogen (secondary N) is 1. The molecule has 0 aromatic heterocycles. The zero-order valence-electron chi connectivity index (χ0n) is 14.3. The van der Waals surface area contributed by atoms with Crippen molar-refractivity contribution < 1.29 is 19.4 Å². The lowest BCUT2D eigenvalue weighted by Gasteiger charge is -2.38. The van der Waals surface area contributed by atoms with Gasteiger partial charge in [-0.2, -0.15) is 0 Å². The van der Waals surface area contributed by atoms with E-state index in [4.69, 9.17) is 4.74 Å². The summed E-state index contributed by atoms with van der Waals surface area (Å²) in [4.78, 5) is 26.2. The third kappa shape index (κ3) is 5.18. The number of hydrogen-bond acceptors (Lipinski definition) is 4. The summed E-state index contributed by atoms with van der Waals surface area (Å²) in [5.74, 6) is 0.270. The molecule has 2 N–H and O–H groups in total. The number of hydrogen-bond donors (Lipinski definition) is 2. The van der Waals surface area contributed by atoms with Gasteiger partial charge in [0.05, 0.1) is 12.2 Å². The molecule has 23 heavy (non-hydrogen) atoms. The summed E-state index contributed by atoms with van der Waals surface area (Å²) >= 11 is 0. The molecule has 2 fully saturated rings. The molecule has 1 aliphatic carbocycles. The molecule has 1 saturated carbocycles. The third-order valence-electron chi connectivity index (χ3n) is 5.06. The summed E-state index contributed by atoms with van der Waals surface area (Å²) < 4.78 is 5.04. The van der Waals surface area contributed by atoms with Gasteiger partial charge in [0.2, 0.25) is 11.8 Å². The van der Waals surface area contributed by atoms with Crippen LogP contribution >= 0.6 is 0 Å².